The quantitative estimate of drug-likeness (QED) is 0.236. The van der Waals surface area contributed by atoms with Gasteiger partial charge in [0, 0.05) is 17.1 Å². The van der Waals surface area contributed by atoms with Crippen LogP contribution in [0.1, 0.15) is 45.7 Å². The summed E-state index contributed by atoms with van der Waals surface area (Å²) in [5.41, 5.74) is 5.15. The molecule has 0 fully saturated rings. The number of aromatic nitrogens is 1. The Kier molecular flexibility index (Phi) is 5.34. The number of pyridine rings is 1. The maximum absolute atomic E-state index is 4.97. The summed E-state index contributed by atoms with van der Waals surface area (Å²) < 4.78 is 0. The van der Waals surface area contributed by atoms with E-state index in [0.29, 0.717) is 5.92 Å². The van der Waals surface area contributed by atoms with Gasteiger partial charge in [-0.15, -0.1) is 0 Å². The summed E-state index contributed by atoms with van der Waals surface area (Å²) in [5.74, 6) is 0.583. The topological polar surface area (TPSA) is 12.9 Å². The van der Waals surface area contributed by atoms with Crippen LogP contribution in [0.5, 0.6) is 0 Å². The molecule has 0 unspecified atom stereocenters. The molecule has 6 rings (SSSR count). The number of fused-ring (bicyclic) bond motifs is 6. The molecule has 0 amide bonds. The first kappa shape index (κ1) is 22.7. The molecule has 5 aromatic carbocycles. The highest BCUT2D eigenvalue weighted by Crippen LogP contribution is 2.39. The number of rotatable bonds is 3. The molecular weight excluding hydrogens is 434 g/mol. The third-order valence-corrected chi connectivity index (χ3v) is 7.46. The van der Waals surface area contributed by atoms with Crippen LogP contribution in [0.2, 0.25) is 0 Å². The minimum Gasteiger partial charge on any atom is -0.256 e. The van der Waals surface area contributed by atoms with Crippen molar-refractivity contribution in [1.29, 1.82) is 0 Å². The highest BCUT2D eigenvalue weighted by molar-refractivity contribution is 6.19. The van der Waals surface area contributed by atoms with E-state index in [4.69, 9.17) is 4.98 Å². The van der Waals surface area contributed by atoms with Gasteiger partial charge in [0.05, 0.1) is 5.69 Å². The largest absolute Gasteiger partial charge is 0.256 e. The average Bonchev–Trinajstić information content (AvgIpc) is 2.86. The van der Waals surface area contributed by atoms with E-state index in [1.165, 1.54) is 59.8 Å². The first-order valence-corrected chi connectivity index (χ1v) is 13.1. The highest BCUT2D eigenvalue weighted by Gasteiger charge is 2.20. The molecule has 1 aromatic heterocycles. The van der Waals surface area contributed by atoms with Crippen molar-refractivity contribution >= 4 is 43.1 Å². The number of hydrogen-bond acceptors (Lipinski definition) is 1. The SMILES string of the molecule is CC(C)Cc1cc(-c2nccc3c2ccc2c4ccccc4ccc32)cc2c(C(C)(C)C)cccc12. The zero-order chi connectivity index (χ0) is 25.0. The molecule has 0 aliphatic rings. The molecule has 1 heterocycles. The van der Waals surface area contributed by atoms with Crippen molar-refractivity contribution < 1.29 is 0 Å². The maximum atomic E-state index is 4.97. The lowest BCUT2D eigenvalue weighted by Crippen LogP contribution is -2.12. The Hall–Kier alpha value is -3.71. The molecule has 0 saturated carbocycles. The molecule has 0 saturated heterocycles. The summed E-state index contributed by atoms with van der Waals surface area (Å²) in [7, 11) is 0. The molecule has 0 N–H and O–H groups in total. The predicted molar refractivity (Wildman–Crippen MR) is 157 cm³/mol. The van der Waals surface area contributed by atoms with E-state index < -0.39 is 0 Å². The second kappa shape index (κ2) is 8.45. The monoisotopic (exact) mass is 467 g/mol. The lowest BCUT2D eigenvalue weighted by atomic mass is 9.81. The van der Waals surface area contributed by atoms with E-state index in [0.717, 1.165) is 12.1 Å². The lowest BCUT2D eigenvalue weighted by Gasteiger charge is -2.23. The molecule has 0 radical (unpaired) electrons. The summed E-state index contributed by atoms with van der Waals surface area (Å²) >= 11 is 0. The van der Waals surface area contributed by atoms with Crippen molar-refractivity contribution in [3.05, 3.63) is 102 Å². The van der Waals surface area contributed by atoms with Crippen LogP contribution in [0.15, 0.2) is 91.1 Å². The van der Waals surface area contributed by atoms with Gasteiger partial charge in [0.1, 0.15) is 0 Å². The number of benzene rings is 5. The van der Waals surface area contributed by atoms with E-state index in [9.17, 15) is 0 Å². The van der Waals surface area contributed by atoms with E-state index in [1.54, 1.807) is 0 Å². The fourth-order valence-electron chi connectivity index (χ4n) is 5.85. The summed E-state index contributed by atoms with van der Waals surface area (Å²) in [4.78, 5) is 4.97. The van der Waals surface area contributed by atoms with Crippen molar-refractivity contribution in [2.45, 2.75) is 46.5 Å². The maximum Gasteiger partial charge on any atom is 0.0780 e. The van der Waals surface area contributed by atoms with Crippen LogP contribution in [-0.4, -0.2) is 4.98 Å². The zero-order valence-electron chi connectivity index (χ0n) is 21.9. The van der Waals surface area contributed by atoms with Crippen LogP contribution in [0.25, 0.3) is 54.3 Å². The lowest BCUT2D eigenvalue weighted by molar-refractivity contribution is 0.596. The first-order valence-electron chi connectivity index (χ1n) is 13.1. The van der Waals surface area contributed by atoms with Crippen molar-refractivity contribution in [1.82, 2.24) is 4.98 Å². The molecule has 1 nitrogen and oxygen atoms in total. The Balaban J connectivity index is 1.66. The molecule has 1 heteroatoms. The molecule has 6 aromatic rings. The van der Waals surface area contributed by atoms with Crippen LogP contribution in [0.4, 0.5) is 0 Å². The third-order valence-electron chi connectivity index (χ3n) is 7.46. The average molecular weight is 468 g/mol. The Morgan fingerprint density at radius 1 is 0.639 bits per heavy atom. The molecule has 178 valence electrons. The minimum atomic E-state index is 0.0661. The van der Waals surface area contributed by atoms with Gasteiger partial charge in [-0.25, -0.2) is 0 Å². The summed E-state index contributed by atoms with van der Waals surface area (Å²) in [6.07, 6.45) is 3.03. The van der Waals surface area contributed by atoms with Gasteiger partial charge >= 0.3 is 0 Å². The summed E-state index contributed by atoms with van der Waals surface area (Å²) in [6.45, 7) is 11.5. The molecule has 0 aliphatic heterocycles. The Bertz CT molecular complexity index is 1770. The Morgan fingerprint density at radius 3 is 2.14 bits per heavy atom. The second-order valence-electron chi connectivity index (χ2n) is 11.6. The smallest absolute Gasteiger partial charge is 0.0780 e. The molecular formula is C35H33N. The van der Waals surface area contributed by atoms with Crippen LogP contribution < -0.4 is 0 Å². The standard InChI is InChI=1S/C35H33N/c1-22(2)19-24-20-25(21-32-27(24)11-8-12-33(32)35(3,4)5)34-31-16-15-28-26-10-7-6-9-23(26)13-14-29(28)30(31)17-18-36-34/h6-18,20-22H,19H2,1-5H3. The highest BCUT2D eigenvalue weighted by atomic mass is 14.7. The number of hydrogen-bond donors (Lipinski definition) is 0. The van der Waals surface area contributed by atoms with Gasteiger partial charge in [-0.1, -0.05) is 101 Å². The first-order chi connectivity index (χ1) is 17.3. The van der Waals surface area contributed by atoms with Gasteiger partial charge in [-0.3, -0.25) is 4.98 Å². The molecule has 36 heavy (non-hydrogen) atoms. The van der Waals surface area contributed by atoms with E-state index in [2.05, 4.69) is 120 Å². The van der Waals surface area contributed by atoms with Crippen LogP contribution in [0.3, 0.4) is 0 Å². The van der Waals surface area contributed by atoms with Crippen molar-refractivity contribution in [3.63, 3.8) is 0 Å². The number of nitrogens with zero attached hydrogens (tertiary/aromatic N) is 1. The summed E-state index contributed by atoms with van der Waals surface area (Å²) in [5, 5.41) is 10.4. The van der Waals surface area contributed by atoms with Gasteiger partial charge < -0.3 is 0 Å². The third kappa shape index (κ3) is 3.75. The zero-order valence-corrected chi connectivity index (χ0v) is 21.9. The van der Waals surface area contributed by atoms with E-state index in [-0.39, 0.29) is 5.41 Å². The molecule has 0 aliphatic carbocycles. The van der Waals surface area contributed by atoms with Gasteiger partial charge in [0.15, 0.2) is 0 Å². The Labute approximate surface area is 213 Å². The van der Waals surface area contributed by atoms with Crippen LogP contribution in [0, 0.1) is 5.92 Å². The van der Waals surface area contributed by atoms with Crippen molar-refractivity contribution in [2.75, 3.05) is 0 Å². The van der Waals surface area contributed by atoms with Crippen molar-refractivity contribution in [2.24, 2.45) is 5.92 Å². The van der Waals surface area contributed by atoms with Crippen molar-refractivity contribution in [3.8, 4) is 11.3 Å². The fraction of sp³-hybridized carbons (Fsp3) is 0.229. The van der Waals surface area contributed by atoms with E-state index in [1.807, 2.05) is 6.20 Å². The normalized spacial score (nSPS) is 12.4. The van der Waals surface area contributed by atoms with Gasteiger partial charge in [-0.05, 0) is 84.8 Å². The van der Waals surface area contributed by atoms with Gasteiger partial charge in [0.25, 0.3) is 0 Å². The van der Waals surface area contributed by atoms with E-state index >= 15 is 0 Å². The van der Waals surface area contributed by atoms with Gasteiger partial charge in [0.2, 0.25) is 0 Å². The van der Waals surface area contributed by atoms with Crippen LogP contribution >= 0.6 is 0 Å². The fourth-order valence-corrected chi connectivity index (χ4v) is 5.85. The van der Waals surface area contributed by atoms with Crippen LogP contribution in [-0.2, 0) is 11.8 Å². The van der Waals surface area contributed by atoms with Gasteiger partial charge in [-0.2, -0.15) is 0 Å². The molecule has 0 bridgehead atoms. The minimum absolute atomic E-state index is 0.0661. The Morgan fingerprint density at radius 2 is 1.33 bits per heavy atom. The predicted octanol–water partition coefficient (Wildman–Crippen LogP) is 9.86. The molecule has 0 atom stereocenters. The molecule has 0 spiro atoms. The second-order valence-corrected chi connectivity index (χ2v) is 11.6. The summed E-state index contributed by atoms with van der Waals surface area (Å²) in [6, 6.07) is 31.5.